The van der Waals surface area contributed by atoms with Crippen molar-refractivity contribution in [2.45, 2.75) is 38.6 Å². The molecule has 2 aromatic carbocycles. The highest BCUT2D eigenvalue weighted by Crippen LogP contribution is 2.33. The summed E-state index contributed by atoms with van der Waals surface area (Å²) in [5.74, 6) is -2.01. The summed E-state index contributed by atoms with van der Waals surface area (Å²) in [5.41, 5.74) is 0.382. The molecule has 0 radical (unpaired) electrons. The fourth-order valence-electron chi connectivity index (χ4n) is 4.23. The Morgan fingerprint density at radius 3 is 2.50 bits per heavy atom. The lowest BCUT2D eigenvalue weighted by Crippen LogP contribution is -2.35. The number of aromatic nitrogens is 2. The number of carbonyl (C=O) groups is 2. The normalized spacial score (nSPS) is 17.2. The van der Waals surface area contributed by atoms with Gasteiger partial charge >= 0.3 is 0 Å². The van der Waals surface area contributed by atoms with Crippen LogP contribution in [0.1, 0.15) is 46.8 Å². The van der Waals surface area contributed by atoms with Crippen LogP contribution in [0.2, 0.25) is 0 Å². The minimum Gasteiger partial charge on any atom is -0.501 e. The molecule has 1 aliphatic heterocycles. The smallest absolute Gasteiger partial charge is 0.296 e. The number of nitrogens with zero attached hydrogens (tertiary/aromatic N) is 3. The van der Waals surface area contributed by atoms with Crippen molar-refractivity contribution in [1.82, 2.24) is 19.8 Å². The predicted octanol–water partition coefficient (Wildman–Crippen LogP) is 2.43. The van der Waals surface area contributed by atoms with Crippen molar-refractivity contribution in [2.24, 2.45) is 7.05 Å². The summed E-state index contributed by atoms with van der Waals surface area (Å²) in [6.45, 7) is 2.13. The van der Waals surface area contributed by atoms with Gasteiger partial charge in [0.1, 0.15) is 11.6 Å². The van der Waals surface area contributed by atoms with E-state index in [1.54, 1.807) is 4.90 Å². The molecular weight excluding hydrogens is 467 g/mol. The van der Waals surface area contributed by atoms with Crippen LogP contribution in [0.5, 0.6) is 5.75 Å². The van der Waals surface area contributed by atoms with Crippen molar-refractivity contribution < 1.29 is 23.8 Å². The van der Waals surface area contributed by atoms with Crippen LogP contribution in [-0.2, 0) is 29.7 Å². The number of aromatic hydroxyl groups is 1. The quantitative estimate of drug-likeness (QED) is 0.522. The van der Waals surface area contributed by atoms with Crippen LogP contribution in [0.4, 0.5) is 4.39 Å². The van der Waals surface area contributed by atoms with Gasteiger partial charge in [-0.15, -0.1) is 0 Å². The monoisotopic (exact) mass is 494 g/mol. The minimum atomic E-state index is -0.802. The van der Waals surface area contributed by atoms with Gasteiger partial charge in [-0.1, -0.05) is 42.5 Å². The van der Waals surface area contributed by atoms with E-state index in [0.29, 0.717) is 25.1 Å². The Balaban J connectivity index is 1.56. The number of ether oxygens (including phenoxy) is 1. The van der Waals surface area contributed by atoms with Crippen molar-refractivity contribution in [3.8, 4) is 5.75 Å². The largest absolute Gasteiger partial charge is 0.501 e. The van der Waals surface area contributed by atoms with Crippen LogP contribution >= 0.6 is 0 Å². The number of halogens is 1. The molecule has 2 N–H and O–H groups in total. The number of hydrogen-bond acceptors (Lipinski definition) is 6. The molecule has 0 bridgehead atoms. The Morgan fingerprint density at radius 1 is 1.14 bits per heavy atom. The van der Waals surface area contributed by atoms with Crippen molar-refractivity contribution in [3.63, 3.8) is 0 Å². The van der Waals surface area contributed by atoms with Gasteiger partial charge in [-0.3, -0.25) is 19.0 Å². The van der Waals surface area contributed by atoms with E-state index >= 15 is 0 Å². The van der Waals surface area contributed by atoms with Gasteiger partial charge in [0.15, 0.2) is 5.69 Å². The molecule has 0 unspecified atom stereocenters. The second kappa shape index (κ2) is 10.7. The number of rotatable bonds is 7. The molecule has 2 atom stereocenters. The maximum atomic E-state index is 13.1. The van der Waals surface area contributed by atoms with Crippen LogP contribution in [0.15, 0.2) is 59.4 Å². The summed E-state index contributed by atoms with van der Waals surface area (Å²) in [5, 5.41) is 13.0. The zero-order valence-electron chi connectivity index (χ0n) is 20.0. The first-order chi connectivity index (χ1) is 17.2. The molecule has 1 aliphatic rings. The van der Waals surface area contributed by atoms with Crippen molar-refractivity contribution in [3.05, 3.63) is 93.4 Å². The molecule has 1 aromatic heterocycles. The predicted molar refractivity (Wildman–Crippen MR) is 128 cm³/mol. The Morgan fingerprint density at radius 2 is 1.83 bits per heavy atom. The average molecular weight is 495 g/mol. The first-order valence-corrected chi connectivity index (χ1v) is 11.5. The lowest BCUT2D eigenvalue weighted by molar-refractivity contribution is -0.130. The topological polar surface area (TPSA) is 114 Å². The van der Waals surface area contributed by atoms with Crippen LogP contribution in [0, 0.1) is 5.82 Å². The van der Waals surface area contributed by atoms with Crippen LogP contribution in [0.25, 0.3) is 0 Å². The molecule has 0 spiro atoms. The average Bonchev–Trinajstić information content (AvgIpc) is 3.31. The fraction of sp³-hybridized carbons (Fsp3) is 0.308. The van der Waals surface area contributed by atoms with Crippen molar-refractivity contribution >= 4 is 11.8 Å². The highest BCUT2D eigenvalue weighted by molar-refractivity contribution is 5.94. The molecule has 1 fully saturated rings. The Bertz CT molecular complexity index is 1310. The number of carbonyl (C=O) groups excluding carboxylic acids is 2. The second-order valence-corrected chi connectivity index (χ2v) is 8.68. The van der Waals surface area contributed by atoms with E-state index in [1.807, 2.05) is 30.3 Å². The number of nitrogens with one attached hydrogen (secondary N) is 1. The van der Waals surface area contributed by atoms with Crippen LogP contribution in [-0.4, -0.2) is 44.0 Å². The Kier molecular flexibility index (Phi) is 7.44. The van der Waals surface area contributed by atoms with Gasteiger partial charge < -0.3 is 20.1 Å². The third-order valence-electron chi connectivity index (χ3n) is 6.18. The number of likely N-dealkylation sites (tertiary alicyclic amines) is 1. The maximum Gasteiger partial charge on any atom is 0.296 e. The molecule has 2 amide bonds. The zero-order valence-corrected chi connectivity index (χ0v) is 20.0. The highest BCUT2D eigenvalue weighted by Gasteiger charge is 2.38. The molecular formula is C26H27FN4O5. The van der Waals surface area contributed by atoms with Crippen molar-refractivity contribution in [1.29, 1.82) is 0 Å². The van der Waals surface area contributed by atoms with Crippen molar-refractivity contribution in [2.75, 3.05) is 6.54 Å². The molecule has 4 rings (SSSR count). The van der Waals surface area contributed by atoms with E-state index in [0.717, 1.165) is 10.1 Å². The number of amides is 2. The molecule has 36 heavy (non-hydrogen) atoms. The van der Waals surface area contributed by atoms with Gasteiger partial charge in [0.05, 0.1) is 18.8 Å². The van der Waals surface area contributed by atoms with E-state index in [2.05, 4.69) is 10.3 Å². The summed E-state index contributed by atoms with van der Waals surface area (Å²) in [6, 6.07) is 14.6. The third-order valence-corrected chi connectivity index (χ3v) is 6.18. The molecule has 0 saturated carbocycles. The molecule has 1 saturated heterocycles. The zero-order chi connectivity index (χ0) is 25.8. The maximum absolute atomic E-state index is 13.1. The van der Waals surface area contributed by atoms with E-state index < -0.39 is 34.8 Å². The van der Waals surface area contributed by atoms with Gasteiger partial charge in [0, 0.05) is 33.5 Å². The molecule has 0 aliphatic carbocycles. The number of hydrogen-bond donors (Lipinski definition) is 2. The molecule has 2 heterocycles. The third kappa shape index (κ3) is 5.44. The lowest BCUT2D eigenvalue weighted by atomic mass is 10.1. The molecule has 3 aromatic rings. The van der Waals surface area contributed by atoms with E-state index in [9.17, 15) is 23.9 Å². The van der Waals surface area contributed by atoms with E-state index in [-0.39, 0.29) is 24.4 Å². The minimum absolute atomic E-state index is 0.0448. The standard InChI is InChI=1S/C26H27FN4O5/c1-16(32)31-14-20(36-15-18-6-4-3-5-7-18)12-21(31)24-29-22(23(33)26(35)30(24)2)25(34)28-13-17-8-10-19(27)11-9-17/h3-11,20-21,33H,12-15H2,1-2H3,(H,28,34)/t20-,21+/m1/s1. The second-order valence-electron chi connectivity index (χ2n) is 8.68. The Hall–Kier alpha value is -4.05. The molecule has 9 nitrogen and oxygen atoms in total. The highest BCUT2D eigenvalue weighted by atomic mass is 19.1. The first-order valence-electron chi connectivity index (χ1n) is 11.5. The first kappa shape index (κ1) is 25.1. The van der Waals surface area contributed by atoms with Crippen LogP contribution in [0.3, 0.4) is 0 Å². The van der Waals surface area contributed by atoms with E-state index in [1.165, 1.54) is 38.2 Å². The van der Waals surface area contributed by atoms with Gasteiger partial charge in [-0.2, -0.15) is 0 Å². The lowest BCUT2D eigenvalue weighted by Gasteiger charge is -2.24. The summed E-state index contributed by atoms with van der Waals surface area (Å²) in [4.78, 5) is 43.9. The van der Waals surface area contributed by atoms with Gasteiger partial charge in [-0.05, 0) is 23.3 Å². The van der Waals surface area contributed by atoms with Crippen LogP contribution < -0.4 is 10.9 Å². The van der Waals surface area contributed by atoms with E-state index in [4.69, 9.17) is 4.74 Å². The summed E-state index contributed by atoms with van der Waals surface area (Å²) < 4.78 is 20.3. The molecule has 10 heteroatoms. The molecule has 188 valence electrons. The summed E-state index contributed by atoms with van der Waals surface area (Å²) >= 11 is 0. The van der Waals surface area contributed by atoms with Gasteiger partial charge in [0.25, 0.3) is 11.5 Å². The number of benzene rings is 2. The SMILES string of the molecule is CC(=O)N1C[C@H](OCc2ccccc2)C[C@H]1c1nc(C(=O)NCc2ccc(F)cc2)c(O)c(=O)n1C. The summed E-state index contributed by atoms with van der Waals surface area (Å²) in [7, 11) is 1.43. The van der Waals surface area contributed by atoms with Gasteiger partial charge in [-0.25, -0.2) is 9.37 Å². The van der Waals surface area contributed by atoms with Gasteiger partial charge in [0.2, 0.25) is 11.7 Å². The summed E-state index contributed by atoms with van der Waals surface area (Å²) in [6.07, 6.45) is 0.0641. The Labute approximate surface area is 207 Å². The fourth-order valence-corrected chi connectivity index (χ4v) is 4.23.